The van der Waals surface area contributed by atoms with Gasteiger partial charge >= 0.3 is 0 Å². The third-order valence-electron chi connectivity index (χ3n) is 2.56. The van der Waals surface area contributed by atoms with E-state index in [2.05, 4.69) is 76.6 Å². The summed E-state index contributed by atoms with van der Waals surface area (Å²) in [6.45, 7) is 16.0. The summed E-state index contributed by atoms with van der Waals surface area (Å²) in [6, 6.07) is 10.7. The highest BCUT2D eigenvalue weighted by atomic mass is 16.5. The van der Waals surface area contributed by atoms with Crippen LogP contribution in [0.15, 0.2) is 30.3 Å². The summed E-state index contributed by atoms with van der Waals surface area (Å²) >= 11 is 0. The molecule has 0 saturated carbocycles. The van der Waals surface area contributed by atoms with Crippen LogP contribution in [-0.2, 0) is 9.53 Å². The zero-order chi connectivity index (χ0) is 16.0. The van der Waals surface area contributed by atoms with Crippen molar-refractivity contribution in [3.8, 4) is 0 Å². The number of rotatable bonds is 4. The topological polar surface area (TPSA) is 26.3 Å². The average molecular weight is 280 g/mol. The van der Waals surface area contributed by atoms with Crippen molar-refractivity contribution in [2.24, 2.45) is 11.8 Å². The molecule has 20 heavy (non-hydrogen) atoms. The molecule has 0 amide bonds. The number of hydrogen-bond acceptors (Lipinski definition) is 2. The summed E-state index contributed by atoms with van der Waals surface area (Å²) in [4.78, 5) is 9.18. The Morgan fingerprint density at radius 3 is 1.70 bits per heavy atom. The smallest absolute Gasteiger partial charge is 0.293 e. The lowest BCUT2D eigenvalue weighted by molar-refractivity contribution is -0.128. The SMILES string of the molecule is CC(C)C.CC(C)C(C)c1ccccc1.CCOC=O. The Morgan fingerprint density at radius 1 is 1.00 bits per heavy atom. The van der Waals surface area contributed by atoms with E-state index in [-0.39, 0.29) is 0 Å². The van der Waals surface area contributed by atoms with E-state index in [0.29, 0.717) is 19.0 Å². The Hall–Kier alpha value is -1.31. The molecule has 0 aliphatic carbocycles. The summed E-state index contributed by atoms with van der Waals surface area (Å²) in [6.07, 6.45) is 0. The molecule has 1 aromatic rings. The zero-order valence-electron chi connectivity index (χ0n) is 14.2. The van der Waals surface area contributed by atoms with Crippen LogP contribution in [0.25, 0.3) is 0 Å². The van der Waals surface area contributed by atoms with E-state index in [1.807, 2.05) is 0 Å². The second-order valence-electron chi connectivity index (χ2n) is 5.73. The van der Waals surface area contributed by atoms with Crippen molar-refractivity contribution >= 4 is 6.47 Å². The first kappa shape index (κ1) is 21.0. The van der Waals surface area contributed by atoms with E-state index in [1.165, 1.54) is 5.56 Å². The fourth-order valence-corrected chi connectivity index (χ4v) is 1.21. The molecule has 1 aromatic carbocycles. The van der Waals surface area contributed by atoms with Crippen LogP contribution in [0, 0.1) is 11.8 Å². The van der Waals surface area contributed by atoms with Crippen molar-refractivity contribution in [3.63, 3.8) is 0 Å². The van der Waals surface area contributed by atoms with Crippen LogP contribution in [0.4, 0.5) is 0 Å². The van der Waals surface area contributed by atoms with Crippen LogP contribution < -0.4 is 0 Å². The first-order valence-corrected chi connectivity index (χ1v) is 7.46. The van der Waals surface area contributed by atoms with E-state index in [9.17, 15) is 4.79 Å². The molecule has 0 radical (unpaired) electrons. The van der Waals surface area contributed by atoms with Gasteiger partial charge in [0.1, 0.15) is 0 Å². The van der Waals surface area contributed by atoms with Gasteiger partial charge in [-0.05, 0) is 30.2 Å². The zero-order valence-corrected chi connectivity index (χ0v) is 14.2. The summed E-state index contributed by atoms with van der Waals surface area (Å²) in [7, 11) is 0. The van der Waals surface area contributed by atoms with Crippen LogP contribution >= 0.6 is 0 Å². The second kappa shape index (κ2) is 14.1. The Bertz CT molecular complexity index is 302. The molecule has 1 atom stereocenters. The van der Waals surface area contributed by atoms with Crippen LogP contribution in [0.1, 0.15) is 59.9 Å². The Morgan fingerprint density at radius 2 is 1.45 bits per heavy atom. The van der Waals surface area contributed by atoms with Crippen molar-refractivity contribution in [2.75, 3.05) is 6.61 Å². The van der Waals surface area contributed by atoms with Crippen LogP contribution in [0.3, 0.4) is 0 Å². The predicted molar refractivity (Wildman–Crippen MR) is 87.9 cm³/mol. The molecule has 1 rings (SSSR count). The molecule has 0 aliphatic rings. The Kier molecular flexibility index (Phi) is 14.8. The summed E-state index contributed by atoms with van der Waals surface area (Å²) < 4.78 is 4.15. The van der Waals surface area contributed by atoms with Crippen molar-refractivity contribution in [1.82, 2.24) is 0 Å². The maximum absolute atomic E-state index is 9.18. The molecule has 0 aliphatic heterocycles. The number of benzene rings is 1. The molecule has 1 unspecified atom stereocenters. The molecule has 0 fully saturated rings. The molecule has 0 saturated heterocycles. The van der Waals surface area contributed by atoms with Gasteiger partial charge in [0.15, 0.2) is 0 Å². The average Bonchev–Trinajstić information content (AvgIpc) is 2.40. The van der Waals surface area contributed by atoms with Gasteiger partial charge in [0.2, 0.25) is 0 Å². The van der Waals surface area contributed by atoms with Gasteiger partial charge in [-0.2, -0.15) is 0 Å². The maximum Gasteiger partial charge on any atom is 0.293 e. The van der Waals surface area contributed by atoms with Gasteiger partial charge in [0.05, 0.1) is 6.61 Å². The second-order valence-corrected chi connectivity index (χ2v) is 5.73. The van der Waals surface area contributed by atoms with E-state index >= 15 is 0 Å². The van der Waals surface area contributed by atoms with Crippen molar-refractivity contribution in [1.29, 1.82) is 0 Å². The lowest BCUT2D eigenvalue weighted by Gasteiger charge is -2.15. The van der Waals surface area contributed by atoms with Gasteiger partial charge in [0, 0.05) is 0 Å². The first-order chi connectivity index (χ1) is 9.36. The Balaban J connectivity index is 0. The van der Waals surface area contributed by atoms with Crippen LogP contribution in [-0.4, -0.2) is 13.1 Å². The van der Waals surface area contributed by atoms with Crippen molar-refractivity contribution in [3.05, 3.63) is 35.9 Å². The minimum atomic E-state index is 0.431. The summed E-state index contributed by atoms with van der Waals surface area (Å²) in [5.41, 5.74) is 1.45. The molecule has 0 spiro atoms. The number of carbonyl (C=O) groups is 1. The lowest BCUT2D eigenvalue weighted by Crippen LogP contribution is -2.00. The minimum Gasteiger partial charge on any atom is -0.468 e. The molecular weight excluding hydrogens is 248 g/mol. The third kappa shape index (κ3) is 14.7. The quantitative estimate of drug-likeness (QED) is 0.701. The van der Waals surface area contributed by atoms with Gasteiger partial charge in [-0.3, -0.25) is 4.79 Å². The van der Waals surface area contributed by atoms with Crippen molar-refractivity contribution in [2.45, 2.75) is 54.4 Å². The minimum absolute atomic E-state index is 0.431. The summed E-state index contributed by atoms with van der Waals surface area (Å²) in [5, 5.41) is 0. The predicted octanol–water partition coefficient (Wildman–Crippen LogP) is 5.29. The van der Waals surface area contributed by atoms with Gasteiger partial charge in [-0.1, -0.05) is 71.9 Å². The third-order valence-corrected chi connectivity index (χ3v) is 2.56. The number of ether oxygens (including phenoxy) is 1. The van der Waals surface area contributed by atoms with E-state index in [1.54, 1.807) is 6.92 Å². The standard InChI is InChI=1S/C11H16.C4H10.C3H6O2/c1-9(2)10(3)11-7-5-4-6-8-11;1-4(2)3;1-2-5-3-4/h4-10H,1-3H3;4H,1-3H3;3H,2H2,1H3. The van der Waals surface area contributed by atoms with Gasteiger partial charge in [-0.15, -0.1) is 0 Å². The number of carbonyl (C=O) groups excluding carboxylic acids is 1. The number of hydrogen-bond donors (Lipinski definition) is 0. The fourth-order valence-electron chi connectivity index (χ4n) is 1.21. The molecule has 0 heterocycles. The lowest BCUT2D eigenvalue weighted by atomic mass is 9.91. The van der Waals surface area contributed by atoms with E-state index in [4.69, 9.17) is 0 Å². The molecule has 2 heteroatoms. The molecule has 116 valence electrons. The van der Waals surface area contributed by atoms with E-state index in [0.717, 1.165) is 11.8 Å². The molecule has 2 nitrogen and oxygen atoms in total. The largest absolute Gasteiger partial charge is 0.468 e. The van der Waals surface area contributed by atoms with Crippen LogP contribution in [0.5, 0.6) is 0 Å². The monoisotopic (exact) mass is 280 g/mol. The van der Waals surface area contributed by atoms with E-state index < -0.39 is 0 Å². The van der Waals surface area contributed by atoms with Gasteiger partial charge in [0.25, 0.3) is 6.47 Å². The first-order valence-electron chi connectivity index (χ1n) is 7.46. The highest BCUT2D eigenvalue weighted by Gasteiger charge is 2.07. The van der Waals surface area contributed by atoms with Gasteiger partial charge in [-0.25, -0.2) is 0 Å². The van der Waals surface area contributed by atoms with Crippen molar-refractivity contribution < 1.29 is 9.53 Å². The maximum atomic E-state index is 9.18. The summed E-state index contributed by atoms with van der Waals surface area (Å²) in [5.74, 6) is 2.24. The normalized spacial score (nSPS) is 10.8. The Labute approximate surface area is 125 Å². The van der Waals surface area contributed by atoms with Crippen LogP contribution in [0.2, 0.25) is 0 Å². The molecular formula is C18H32O2. The molecule has 0 bridgehead atoms. The fraction of sp³-hybridized carbons (Fsp3) is 0.611. The molecule has 0 aromatic heterocycles. The molecule has 0 N–H and O–H groups in total. The van der Waals surface area contributed by atoms with Gasteiger partial charge < -0.3 is 4.74 Å². The highest BCUT2D eigenvalue weighted by molar-refractivity contribution is 5.36. The highest BCUT2D eigenvalue weighted by Crippen LogP contribution is 2.22.